The highest BCUT2D eigenvalue weighted by molar-refractivity contribution is 6.04. The fourth-order valence-electron chi connectivity index (χ4n) is 3.05. The van der Waals surface area contributed by atoms with E-state index in [0.717, 1.165) is 31.7 Å². The summed E-state index contributed by atoms with van der Waals surface area (Å²) in [6, 6.07) is 10.9. The Morgan fingerprint density at radius 2 is 1.65 bits per heavy atom. The largest absolute Gasteiger partial charge is 0.494 e. The van der Waals surface area contributed by atoms with Gasteiger partial charge in [0.1, 0.15) is 0 Å². The van der Waals surface area contributed by atoms with Crippen LogP contribution in [-0.2, 0) is 0 Å². The third-order valence-electron chi connectivity index (χ3n) is 4.51. The highest BCUT2D eigenvalue weighted by Gasteiger charge is 2.18. The third-order valence-corrected chi connectivity index (χ3v) is 4.51. The lowest BCUT2D eigenvalue weighted by Crippen LogP contribution is -2.32. The zero-order valence-corrected chi connectivity index (χ0v) is 14.5. The Hall–Kier alpha value is -2.89. The van der Waals surface area contributed by atoms with Crippen LogP contribution in [0.25, 0.3) is 0 Å². The van der Waals surface area contributed by atoms with Crippen LogP contribution in [0, 0.1) is 5.82 Å². The summed E-state index contributed by atoms with van der Waals surface area (Å²) >= 11 is 0. The van der Waals surface area contributed by atoms with Crippen LogP contribution in [0.3, 0.4) is 0 Å². The normalized spacial score (nSPS) is 14.1. The van der Waals surface area contributed by atoms with Gasteiger partial charge in [0.25, 0.3) is 11.8 Å². The standard InChI is InChI=1S/C20H21FN2O3/c1-26-18-11-8-14(12-17(18)21)20(25)23-16-9-6-13(7-10-16)19(24)22-15-4-2-3-5-15/h6-12,15H,2-5H2,1H3,(H,22,24)(H,23,25). The molecule has 2 N–H and O–H groups in total. The molecule has 0 saturated heterocycles. The van der Waals surface area contributed by atoms with Crippen molar-refractivity contribution >= 4 is 17.5 Å². The molecule has 1 aliphatic carbocycles. The first-order chi connectivity index (χ1) is 12.6. The molecule has 0 spiro atoms. The second kappa shape index (κ2) is 7.99. The zero-order chi connectivity index (χ0) is 18.5. The first-order valence-corrected chi connectivity index (χ1v) is 8.62. The van der Waals surface area contributed by atoms with Crippen molar-refractivity contribution in [2.45, 2.75) is 31.7 Å². The van der Waals surface area contributed by atoms with Crippen molar-refractivity contribution in [3.8, 4) is 5.75 Å². The molecule has 3 rings (SSSR count). The smallest absolute Gasteiger partial charge is 0.255 e. The van der Waals surface area contributed by atoms with Crippen molar-refractivity contribution in [3.63, 3.8) is 0 Å². The lowest BCUT2D eigenvalue weighted by Gasteiger charge is -2.12. The van der Waals surface area contributed by atoms with Crippen LogP contribution in [0.4, 0.5) is 10.1 Å². The molecule has 0 bridgehead atoms. The number of hydrogen-bond donors (Lipinski definition) is 2. The summed E-state index contributed by atoms with van der Waals surface area (Å²) < 4.78 is 18.5. The van der Waals surface area contributed by atoms with Gasteiger partial charge in [-0.3, -0.25) is 9.59 Å². The number of rotatable bonds is 5. The molecule has 2 aromatic rings. The quantitative estimate of drug-likeness (QED) is 0.857. The number of amides is 2. The van der Waals surface area contributed by atoms with E-state index in [1.165, 1.54) is 19.2 Å². The maximum Gasteiger partial charge on any atom is 0.255 e. The summed E-state index contributed by atoms with van der Waals surface area (Å²) in [6.45, 7) is 0. The molecule has 0 aromatic heterocycles. The number of carbonyl (C=O) groups is 2. The van der Waals surface area contributed by atoms with Crippen LogP contribution in [0.2, 0.25) is 0 Å². The van der Waals surface area contributed by atoms with E-state index in [1.807, 2.05) is 0 Å². The summed E-state index contributed by atoms with van der Waals surface area (Å²) in [7, 11) is 1.36. The predicted octanol–water partition coefficient (Wildman–Crippen LogP) is 3.76. The summed E-state index contributed by atoms with van der Waals surface area (Å²) in [5.41, 5.74) is 1.26. The molecule has 0 radical (unpaired) electrons. The number of hydrogen-bond acceptors (Lipinski definition) is 3. The van der Waals surface area contributed by atoms with E-state index < -0.39 is 11.7 Å². The molecule has 136 valence electrons. The highest BCUT2D eigenvalue weighted by Crippen LogP contribution is 2.20. The molecule has 6 heteroatoms. The predicted molar refractivity (Wildman–Crippen MR) is 97.1 cm³/mol. The number of halogens is 1. The fourth-order valence-corrected chi connectivity index (χ4v) is 3.05. The van der Waals surface area contributed by atoms with Crippen molar-refractivity contribution < 1.29 is 18.7 Å². The Morgan fingerprint density at radius 1 is 1.00 bits per heavy atom. The number of carbonyl (C=O) groups excluding carboxylic acids is 2. The molecule has 0 atom stereocenters. The molecular weight excluding hydrogens is 335 g/mol. The van der Waals surface area contributed by atoms with Crippen molar-refractivity contribution in [2.24, 2.45) is 0 Å². The fraction of sp³-hybridized carbons (Fsp3) is 0.300. The molecule has 0 heterocycles. The second-order valence-electron chi connectivity index (χ2n) is 6.34. The average molecular weight is 356 g/mol. The van der Waals surface area contributed by atoms with Gasteiger partial charge in [-0.2, -0.15) is 0 Å². The lowest BCUT2D eigenvalue weighted by atomic mass is 10.1. The van der Waals surface area contributed by atoms with E-state index in [2.05, 4.69) is 10.6 Å². The number of ether oxygens (including phenoxy) is 1. The van der Waals surface area contributed by atoms with E-state index >= 15 is 0 Å². The molecule has 2 amide bonds. The molecule has 5 nitrogen and oxygen atoms in total. The molecule has 2 aromatic carbocycles. The number of anilines is 1. The molecule has 0 unspecified atom stereocenters. The average Bonchev–Trinajstić information content (AvgIpc) is 3.15. The lowest BCUT2D eigenvalue weighted by molar-refractivity contribution is 0.0937. The van der Waals surface area contributed by atoms with Gasteiger partial charge in [-0.15, -0.1) is 0 Å². The van der Waals surface area contributed by atoms with Gasteiger partial charge in [0.2, 0.25) is 0 Å². The highest BCUT2D eigenvalue weighted by atomic mass is 19.1. The van der Waals surface area contributed by atoms with E-state index in [1.54, 1.807) is 24.3 Å². The summed E-state index contributed by atoms with van der Waals surface area (Å²) in [6.07, 6.45) is 4.36. The topological polar surface area (TPSA) is 67.4 Å². The molecule has 26 heavy (non-hydrogen) atoms. The molecule has 1 saturated carbocycles. The van der Waals surface area contributed by atoms with E-state index in [0.29, 0.717) is 11.3 Å². The van der Waals surface area contributed by atoms with Crippen LogP contribution in [0.15, 0.2) is 42.5 Å². The van der Waals surface area contributed by atoms with Crippen LogP contribution >= 0.6 is 0 Å². The summed E-state index contributed by atoms with van der Waals surface area (Å²) in [5, 5.41) is 5.70. The number of methoxy groups -OCH3 is 1. The van der Waals surface area contributed by atoms with Crippen LogP contribution in [0.1, 0.15) is 46.4 Å². The van der Waals surface area contributed by atoms with Crippen LogP contribution in [0.5, 0.6) is 5.75 Å². The second-order valence-corrected chi connectivity index (χ2v) is 6.34. The van der Waals surface area contributed by atoms with Gasteiger partial charge in [-0.1, -0.05) is 12.8 Å². The van der Waals surface area contributed by atoms with E-state index in [9.17, 15) is 14.0 Å². The van der Waals surface area contributed by atoms with Gasteiger partial charge in [0, 0.05) is 22.9 Å². The molecular formula is C20H21FN2O3. The van der Waals surface area contributed by atoms with Gasteiger partial charge in [0.15, 0.2) is 11.6 Å². The van der Waals surface area contributed by atoms with Gasteiger partial charge in [-0.25, -0.2) is 4.39 Å². The maximum atomic E-state index is 13.7. The molecule has 0 aliphatic heterocycles. The zero-order valence-electron chi connectivity index (χ0n) is 14.5. The van der Waals surface area contributed by atoms with Gasteiger partial charge >= 0.3 is 0 Å². The van der Waals surface area contributed by atoms with Crippen molar-refractivity contribution in [2.75, 3.05) is 12.4 Å². The SMILES string of the molecule is COc1ccc(C(=O)Nc2ccc(C(=O)NC3CCCC3)cc2)cc1F. The Kier molecular flexibility index (Phi) is 5.51. The Bertz CT molecular complexity index is 799. The van der Waals surface area contributed by atoms with Crippen LogP contribution in [-0.4, -0.2) is 25.0 Å². The monoisotopic (exact) mass is 356 g/mol. The Morgan fingerprint density at radius 3 is 2.27 bits per heavy atom. The minimum absolute atomic E-state index is 0.0826. The van der Waals surface area contributed by atoms with Crippen molar-refractivity contribution in [3.05, 3.63) is 59.4 Å². The minimum atomic E-state index is -0.598. The Labute approximate surface area is 151 Å². The van der Waals surface area contributed by atoms with Gasteiger partial charge in [-0.05, 0) is 55.3 Å². The maximum absolute atomic E-state index is 13.7. The van der Waals surface area contributed by atoms with Gasteiger partial charge in [0.05, 0.1) is 7.11 Å². The first kappa shape index (κ1) is 17.9. The van der Waals surface area contributed by atoms with E-state index in [-0.39, 0.29) is 23.3 Å². The number of benzene rings is 2. The van der Waals surface area contributed by atoms with Gasteiger partial charge < -0.3 is 15.4 Å². The molecule has 1 fully saturated rings. The summed E-state index contributed by atoms with van der Waals surface area (Å²) in [5.74, 6) is -1.06. The summed E-state index contributed by atoms with van der Waals surface area (Å²) in [4.78, 5) is 24.4. The first-order valence-electron chi connectivity index (χ1n) is 8.62. The molecule has 1 aliphatic rings. The van der Waals surface area contributed by atoms with Crippen molar-refractivity contribution in [1.29, 1.82) is 0 Å². The minimum Gasteiger partial charge on any atom is -0.494 e. The number of nitrogens with one attached hydrogen (secondary N) is 2. The third kappa shape index (κ3) is 4.20. The van der Waals surface area contributed by atoms with Crippen molar-refractivity contribution in [1.82, 2.24) is 5.32 Å². The van der Waals surface area contributed by atoms with E-state index in [4.69, 9.17) is 4.74 Å². The Balaban J connectivity index is 1.62. The van der Waals surface area contributed by atoms with Crippen LogP contribution < -0.4 is 15.4 Å².